The Bertz CT molecular complexity index is 535. The number of benzene rings is 1. The molecule has 23 heavy (non-hydrogen) atoms. The first kappa shape index (κ1) is 17.2. The molecule has 1 aliphatic heterocycles. The van der Waals surface area contributed by atoms with Gasteiger partial charge in [0, 0.05) is 6.54 Å². The van der Waals surface area contributed by atoms with E-state index in [1.54, 1.807) is 0 Å². The summed E-state index contributed by atoms with van der Waals surface area (Å²) in [5.41, 5.74) is 0.853. The maximum absolute atomic E-state index is 12.2. The van der Waals surface area contributed by atoms with Crippen molar-refractivity contribution in [3.8, 4) is 0 Å². The lowest BCUT2D eigenvalue weighted by Crippen LogP contribution is -2.50. The number of aliphatic hydroxyl groups is 2. The molecule has 3 atom stereocenters. The number of hydrogen-bond acceptors (Lipinski definition) is 6. The number of esters is 1. The van der Waals surface area contributed by atoms with Gasteiger partial charge in [-0.1, -0.05) is 30.3 Å². The molecule has 126 valence electrons. The first-order valence-corrected chi connectivity index (χ1v) is 7.46. The van der Waals surface area contributed by atoms with Crippen molar-refractivity contribution in [2.24, 2.45) is 0 Å². The van der Waals surface area contributed by atoms with Crippen LogP contribution in [-0.2, 0) is 20.9 Å². The molecule has 7 heteroatoms. The fraction of sp³-hybridized carbons (Fsp3) is 0.500. The number of rotatable bonds is 5. The number of likely N-dealkylation sites (tertiary alicyclic amines) is 1. The lowest BCUT2D eigenvalue weighted by molar-refractivity contribution is -0.158. The molecule has 0 radical (unpaired) electrons. The number of amides is 1. The van der Waals surface area contributed by atoms with Crippen LogP contribution < -0.4 is 0 Å². The normalized spacial score (nSPS) is 20.0. The molecule has 2 rings (SSSR count). The van der Waals surface area contributed by atoms with Crippen LogP contribution in [0.15, 0.2) is 30.3 Å². The summed E-state index contributed by atoms with van der Waals surface area (Å²) in [5, 5.41) is 19.9. The van der Waals surface area contributed by atoms with E-state index in [9.17, 15) is 19.8 Å². The highest BCUT2D eigenvalue weighted by atomic mass is 16.6. The Labute approximate surface area is 134 Å². The Kier molecular flexibility index (Phi) is 5.95. The first-order valence-electron chi connectivity index (χ1n) is 7.46. The number of methoxy groups -OCH3 is 1. The summed E-state index contributed by atoms with van der Waals surface area (Å²) in [7, 11) is 1.12. The summed E-state index contributed by atoms with van der Waals surface area (Å²) in [5.74, 6) is -0.929. The second kappa shape index (κ2) is 7.94. The average Bonchev–Trinajstić information content (AvgIpc) is 3.08. The zero-order valence-corrected chi connectivity index (χ0v) is 12.9. The predicted molar refractivity (Wildman–Crippen MR) is 80.4 cm³/mol. The molecule has 1 amide bonds. The van der Waals surface area contributed by atoms with Crippen molar-refractivity contribution in [3.05, 3.63) is 35.9 Å². The third-order valence-corrected chi connectivity index (χ3v) is 3.90. The van der Waals surface area contributed by atoms with Gasteiger partial charge in [0.05, 0.1) is 13.2 Å². The Morgan fingerprint density at radius 2 is 2.00 bits per heavy atom. The van der Waals surface area contributed by atoms with E-state index in [2.05, 4.69) is 4.74 Å². The fourth-order valence-electron chi connectivity index (χ4n) is 2.65. The van der Waals surface area contributed by atoms with Crippen LogP contribution in [0.3, 0.4) is 0 Å². The van der Waals surface area contributed by atoms with E-state index in [-0.39, 0.29) is 6.61 Å². The summed E-state index contributed by atoms with van der Waals surface area (Å²) in [6.07, 6.45) is -2.53. The summed E-state index contributed by atoms with van der Waals surface area (Å²) < 4.78 is 9.65. The molecular formula is C16H21NO6. The Balaban J connectivity index is 1.95. The zero-order valence-electron chi connectivity index (χ0n) is 12.9. The standard InChI is InChI=1S/C16H21NO6/c1-22-15(20)14(19)13(18)12-8-5-9-17(12)16(21)23-10-11-6-3-2-4-7-11/h2-4,6-7,12-14,18-19H,5,8-10H2,1H3/t12-,13+,14-/m0/s1. The van der Waals surface area contributed by atoms with Crippen LogP contribution in [0.1, 0.15) is 18.4 Å². The Hall–Kier alpha value is -2.12. The minimum atomic E-state index is -1.69. The molecule has 0 spiro atoms. The molecule has 1 aromatic carbocycles. The number of carbonyl (C=O) groups is 2. The van der Waals surface area contributed by atoms with Crippen LogP contribution in [0.5, 0.6) is 0 Å². The number of ether oxygens (including phenoxy) is 2. The molecule has 0 bridgehead atoms. The number of carbonyl (C=O) groups excluding carboxylic acids is 2. The van der Waals surface area contributed by atoms with Gasteiger partial charge in [0.15, 0.2) is 6.10 Å². The van der Waals surface area contributed by atoms with E-state index in [0.29, 0.717) is 19.4 Å². The lowest BCUT2D eigenvalue weighted by Gasteiger charge is -2.29. The third kappa shape index (κ3) is 4.20. The van der Waals surface area contributed by atoms with Crippen LogP contribution in [0.2, 0.25) is 0 Å². The van der Waals surface area contributed by atoms with Crippen molar-refractivity contribution in [2.75, 3.05) is 13.7 Å². The first-order chi connectivity index (χ1) is 11.0. The van der Waals surface area contributed by atoms with E-state index in [1.807, 2.05) is 30.3 Å². The molecular weight excluding hydrogens is 302 g/mol. The van der Waals surface area contributed by atoms with Crippen molar-refractivity contribution in [2.45, 2.75) is 37.7 Å². The summed E-state index contributed by atoms with van der Waals surface area (Å²) in [6, 6.07) is 8.56. The topological polar surface area (TPSA) is 96.3 Å². The van der Waals surface area contributed by atoms with E-state index < -0.39 is 30.3 Å². The molecule has 7 nitrogen and oxygen atoms in total. The van der Waals surface area contributed by atoms with Crippen molar-refractivity contribution in [1.82, 2.24) is 4.90 Å². The fourth-order valence-corrected chi connectivity index (χ4v) is 2.65. The Morgan fingerprint density at radius 1 is 1.30 bits per heavy atom. The van der Waals surface area contributed by atoms with Crippen LogP contribution in [0.4, 0.5) is 4.79 Å². The summed E-state index contributed by atoms with van der Waals surface area (Å²) in [6.45, 7) is 0.530. The van der Waals surface area contributed by atoms with Gasteiger partial charge < -0.3 is 24.6 Å². The minimum Gasteiger partial charge on any atom is -0.467 e. The van der Waals surface area contributed by atoms with Crippen LogP contribution in [0.25, 0.3) is 0 Å². The summed E-state index contributed by atoms with van der Waals surface area (Å²) >= 11 is 0. The highest BCUT2D eigenvalue weighted by Crippen LogP contribution is 2.23. The largest absolute Gasteiger partial charge is 0.467 e. The zero-order chi connectivity index (χ0) is 16.8. The van der Waals surface area contributed by atoms with Crippen molar-refractivity contribution >= 4 is 12.1 Å². The van der Waals surface area contributed by atoms with E-state index in [4.69, 9.17) is 4.74 Å². The molecule has 1 fully saturated rings. The second-order valence-electron chi connectivity index (χ2n) is 5.40. The summed E-state index contributed by atoms with van der Waals surface area (Å²) in [4.78, 5) is 24.9. The van der Waals surface area contributed by atoms with Crippen molar-refractivity contribution in [1.29, 1.82) is 0 Å². The molecule has 1 aliphatic rings. The van der Waals surface area contributed by atoms with Crippen LogP contribution in [-0.4, -0.2) is 59.1 Å². The maximum Gasteiger partial charge on any atom is 0.410 e. The monoisotopic (exact) mass is 323 g/mol. The molecule has 1 saturated heterocycles. The van der Waals surface area contributed by atoms with E-state index in [1.165, 1.54) is 4.90 Å². The Morgan fingerprint density at radius 3 is 2.65 bits per heavy atom. The van der Waals surface area contributed by atoms with Gasteiger partial charge in [-0.15, -0.1) is 0 Å². The smallest absolute Gasteiger partial charge is 0.410 e. The molecule has 1 aromatic rings. The van der Waals surface area contributed by atoms with Gasteiger partial charge in [0.1, 0.15) is 12.7 Å². The quantitative estimate of drug-likeness (QED) is 0.774. The molecule has 0 aliphatic carbocycles. The highest BCUT2D eigenvalue weighted by Gasteiger charge is 2.40. The minimum absolute atomic E-state index is 0.124. The van der Waals surface area contributed by atoms with Gasteiger partial charge in [-0.25, -0.2) is 9.59 Å². The van der Waals surface area contributed by atoms with Gasteiger partial charge in [0.25, 0.3) is 0 Å². The van der Waals surface area contributed by atoms with Gasteiger partial charge in [-0.05, 0) is 18.4 Å². The number of aliphatic hydroxyl groups excluding tert-OH is 2. The molecule has 1 heterocycles. The third-order valence-electron chi connectivity index (χ3n) is 3.90. The second-order valence-corrected chi connectivity index (χ2v) is 5.40. The van der Waals surface area contributed by atoms with Crippen LogP contribution >= 0.6 is 0 Å². The highest BCUT2D eigenvalue weighted by molar-refractivity contribution is 5.75. The molecule has 0 saturated carbocycles. The van der Waals surface area contributed by atoms with Gasteiger partial charge >= 0.3 is 12.1 Å². The SMILES string of the molecule is COC(=O)[C@@H](O)[C@H](O)[C@@H]1CCCN1C(=O)OCc1ccccc1. The number of hydrogen-bond donors (Lipinski definition) is 2. The van der Waals surface area contributed by atoms with Crippen LogP contribution in [0, 0.1) is 0 Å². The van der Waals surface area contributed by atoms with E-state index >= 15 is 0 Å². The predicted octanol–water partition coefficient (Wildman–Crippen LogP) is 0.682. The molecule has 0 unspecified atom stereocenters. The van der Waals surface area contributed by atoms with Crippen molar-refractivity contribution in [3.63, 3.8) is 0 Å². The number of nitrogens with zero attached hydrogens (tertiary/aromatic N) is 1. The molecule has 2 N–H and O–H groups in total. The van der Waals surface area contributed by atoms with Gasteiger partial charge in [0.2, 0.25) is 0 Å². The lowest BCUT2D eigenvalue weighted by atomic mass is 10.0. The average molecular weight is 323 g/mol. The van der Waals surface area contributed by atoms with Gasteiger partial charge in [-0.2, -0.15) is 0 Å². The molecule has 0 aromatic heterocycles. The maximum atomic E-state index is 12.2. The van der Waals surface area contributed by atoms with Gasteiger partial charge in [-0.3, -0.25) is 0 Å². The van der Waals surface area contributed by atoms with Crippen molar-refractivity contribution < 1.29 is 29.3 Å². The van der Waals surface area contributed by atoms with E-state index in [0.717, 1.165) is 12.7 Å².